The number of thiazole rings is 1. The fraction of sp³-hybridized carbons (Fsp3) is 0.263. The van der Waals surface area contributed by atoms with Gasteiger partial charge in [-0.1, -0.05) is 35.1 Å². The number of benzene rings is 2. The van der Waals surface area contributed by atoms with E-state index < -0.39 is 20.5 Å². The number of hydrogen-bond donors (Lipinski definition) is 1. The summed E-state index contributed by atoms with van der Waals surface area (Å²) in [4.78, 5) is 17.4. The molecule has 1 aliphatic carbocycles. The first-order chi connectivity index (χ1) is 12.3. The van der Waals surface area contributed by atoms with Gasteiger partial charge in [-0.15, -0.1) is 0 Å². The summed E-state index contributed by atoms with van der Waals surface area (Å²) in [6, 6.07) is 12.5. The second-order valence-electron chi connectivity index (χ2n) is 6.76. The Kier molecular flexibility index (Phi) is 3.89. The number of anilines is 1. The molecule has 1 aromatic heterocycles. The number of carbonyl (C=O) groups is 1. The molecule has 5 nitrogen and oxygen atoms in total. The van der Waals surface area contributed by atoms with Gasteiger partial charge in [0.1, 0.15) is 0 Å². The topological polar surface area (TPSA) is 76.1 Å². The van der Waals surface area contributed by atoms with E-state index in [0.29, 0.717) is 18.0 Å². The molecule has 3 aromatic rings. The maximum absolute atomic E-state index is 13.0. The Morgan fingerprint density at radius 3 is 2.38 bits per heavy atom. The third-order valence-corrected chi connectivity index (χ3v) is 8.18. The number of rotatable bonds is 4. The normalized spacial score (nSPS) is 15.8. The number of amides is 1. The van der Waals surface area contributed by atoms with Crippen LogP contribution in [0.4, 0.5) is 5.13 Å². The van der Waals surface area contributed by atoms with Gasteiger partial charge in [0.25, 0.3) is 0 Å². The average Bonchev–Trinajstić information content (AvgIpc) is 3.32. The molecule has 0 aliphatic heterocycles. The highest BCUT2D eigenvalue weighted by molar-refractivity contribution is 7.94. The van der Waals surface area contributed by atoms with Crippen LogP contribution in [-0.4, -0.2) is 24.1 Å². The molecule has 0 atom stereocenters. The molecule has 1 amide bonds. The van der Waals surface area contributed by atoms with E-state index in [4.69, 9.17) is 0 Å². The standard InChI is InChI=1S/C19H18N2O3S2/c1-12-3-6-14(7-4-12)26(23,24)19(9-10-19)17(22)21-18-20-15-8-5-13(2)11-16(15)25-18/h3-8,11H,9-10H2,1-2H3,(H,20,21,22). The van der Waals surface area contributed by atoms with Gasteiger partial charge in [-0.05, 0) is 56.5 Å². The number of sulfone groups is 1. The molecule has 0 radical (unpaired) electrons. The molecule has 0 spiro atoms. The molecule has 0 unspecified atom stereocenters. The van der Waals surface area contributed by atoms with Gasteiger partial charge >= 0.3 is 0 Å². The molecule has 0 bridgehead atoms. The van der Waals surface area contributed by atoms with Crippen molar-refractivity contribution < 1.29 is 13.2 Å². The SMILES string of the molecule is Cc1ccc(S(=O)(=O)C2(C(=O)Nc3nc4ccc(C)cc4s3)CC2)cc1. The summed E-state index contributed by atoms with van der Waals surface area (Å²) >= 11 is 1.35. The van der Waals surface area contributed by atoms with Gasteiger partial charge in [-0.3, -0.25) is 4.79 Å². The zero-order valence-electron chi connectivity index (χ0n) is 14.4. The Bertz CT molecular complexity index is 1110. The van der Waals surface area contributed by atoms with Gasteiger partial charge in [-0.25, -0.2) is 13.4 Å². The summed E-state index contributed by atoms with van der Waals surface area (Å²) in [6.07, 6.45) is 0.665. The highest BCUT2D eigenvalue weighted by Gasteiger charge is 2.61. The zero-order chi connectivity index (χ0) is 18.5. The molecular formula is C19H18N2O3S2. The first-order valence-corrected chi connectivity index (χ1v) is 10.6. The number of aromatic nitrogens is 1. The molecule has 134 valence electrons. The third-order valence-electron chi connectivity index (χ3n) is 4.73. The van der Waals surface area contributed by atoms with E-state index in [2.05, 4.69) is 10.3 Å². The molecule has 1 N–H and O–H groups in total. The van der Waals surface area contributed by atoms with Crippen molar-refractivity contribution in [2.75, 3.05) is 5.32 Å². The van der Waals surface area contributed by atoms with Crippen LogP contribution in [0.3, 0.4) is 0 Å². The first kappa shape index (κ1) is 17.2. The monoisotopic (exact) mass is 386 g/mol. The van der Waals surface area contributed by atoms with Crippen molar-refractivity contribution in [3.8, 4) is 0 Å². The third kappa shape index (κ3) is 2.71. The van der Waals surface area contributed by atoms with E-state index in [1.165, 1.54) is 11.3 Å². The van der Waals surface area contributed by atoms with Crippen LogP contribution in [0.5, 0.6) is 0 Å². The van der Waals surface area contributed by atoms with Gasteiger partial charge in [0.2, 0.25) is 5.91 Å². The van der Waals surface area contributed by atoms with Crippen LogP contribution in [-0.2, 0) is 14.6 Å². The van der Waals surface area contributed by atoms with Gasteiger partial charge in [0.15, 0.2) is 19.7 Å². The summed E-state index contributed by atoms with van der Waals surface area (Å²) in [5.41, 5.74) is 2.88. The molecule has 1 saturated carbocycles. The summed E-state index contributed by atoms with van der Waals surface area (Å²) in [5.74, 6) is -0.492. The van der Waals surface area contributed by atoms with E-state index in [9.17, 15) is 13.2 Å². The Labute approximate surface area is 156 Å². The second-order valence-corrected chi connectivity index (χ2v) is 10.0. The second kappa shape index (κ2) is 5.89. The minimum absolute atomic E-state index is 0.190. The van der Waals surface area contributed by atoms with Gasteiger partial charge in [0.05, 0.1) is 15.1 Å². The lowest BCUT2D eigenvalue weighted by Crippen LogP contribution is -2.37. The van der Waals surface area contributed by atoms with Crippen LogP contribution >= 0.6 is 11.3 Å². The lowest BCUT2D eigenvalue weighted by Gasteiger charge is -2.15. The van der Waals surface area contributed by atoms with Crippen molar-refractivity contribution in [3.63, 3.8) is 0 Å². The van der Waals surface area contributed by atoms with Crippen molar-refractivity contribution in [2.45, 2.75) is 36.3 Å². The number of aryl methyl sites for hydroxylation is 2. The van der Waals surface area contributed by atoms with Crippen molar-refractivity contribution in [1.29, 1.82) is 0 Å². The summed E-state index contributed by atoms with van der Waals surface area (Å²) in [6.45, 7) is 3.88. The van der Waals surface area contributed by atoms with Crippen LogP contribution in [0, 0.1) is 13.8 Å². The highest BCUT2D eigenvalue weighted by Crippen LogP contribution is 2.47. The van der Waals surface area contributed by atoms with Crippen LogP contribution in [0.15, 0.2) is 47.4 Å². The van der Waals surface area contributed by atoms with Crippen molar-refractivity contribution >= 4 is 42.4 Å². The van der Waals surface area contributed by atoms with E-state index in [0.717, 1.165) is 21.3 Å². The largest absolute Gasteiger partial charge is 0.301 e. The number of nitrogens with zero attached hydrogens (tertiary/aromatic N) is 1. The minimum Gasteiger partial charge on any atom is -0.301 e. The lowest BCUT2D eigenvalue weighted by molar-refractivity contribution is -0.116. The Morgan fingerprint density at radius 1 is 1.08 bits per heavy atom. The lowest BCUT2D eigenvalue weighted by atomic mass is 10.2. The summed E-state index contributed by atoms with van der Waals surface area (Å²) in [5, 5.41) is 3.16. The van der Waals surface area contributed by atoms with Crippen molar-refractivity contribution in [3.05, 3.63) is 53.6 Å². The molecule has 0 saturated heterocycles. The predicted molar refractivity (Wildman–Crippen MR) is 103 cm³/mol. The fourth-order valence-electron chi connectivity index (χ4n) is 2.97. The quantitative estimate of drug-likeness (QED) is 0.739. The summed E-state index contributed by atoms with van der Waals surface area (Å²) in [7, 11) is -3.74. The first-order valence-electron chi connectivity index (χ1n) is 8.32. The Morgan fingerprint density at radius 2 is 1.73 bits per heavy atom. The van der Waals surface area contributed by atoms with Crippen LogP contribution in [0.2, 0.25) is 0 Å². The van der Waals surface area contributed by atoms with Crippen LogP contribution < -0.4 is 5.32 Å². The number of hydrogen-bond acceptors (Lipinski definition) is 5. The summed E-state index contributed by atoms with van der Waals surface area (Å²) < 4.78 is 25.6. The van der Waals surface area contributed by atoms with Crippen LogP contribution in [0.25, 0.3) is 10.2 Å². The number of nitrogens with one attached hydrogen (secondary N) is 1. The Hall–Kier alpha value is -2.25. The van der Waals surface area contributed by atoms with E-state index >= 15 is 0 Å². The van der Waals surface area contributed by atoms with E-state index in [1.807, 2.05) is 32.0 Å². The molecule has 26 heavy (non-hydrogen) atoms. The molecule has 1 fully saturated rings. The maximum atomic E-state index is 13.0. The number of fused-ring (bicyclic) bond motifs is 1. The molecule has 2 aromatic carbocycles. The van der Waals surface area contributed by atoms with E-state index in [-0.39, 0.29) is 4.90 Å². The minimum atomic E-state index is -3.74. The van der Waals surface area contributed by atoms with Crippen molar-refractivity contribution in [1.82, 2.24) is 4.98 Å². The van der Waals surface area contributed by atoms with Crippen LogP contribution in [0.1, 0.15) is 24.0 Å². The van der Waals surface area contributed by atoms with E-state index in [1.54, 1.807) is 24.3 Å². The molecule has 7 heteroatoms. The van der Waals surface area contributed by atoms with Gasteiger partial charge in [0, 0.05) is 0 Å². The smallest absolute Gasteiger partial charge is 0.248 e. The molecule has 1 heterocycles. The maximum Gasteiger partial charge on any atom is 0.248 e. The molecule has 1 aliphatic rings. The fourth-order valence-corrected chi connectivity index (χ4v) is 5.81. The van der Waals surface area contributed by atoms with Gasteiger partial charge < -0.3 is 5.32 Å². The van der Waals surface area contributed by atoms with Gasteiger partial charge in [-0.2, -0.15) is 0 Å². The molecular weight excluding hydrogens is 368 g/mol. The predicted octanol–water partition coefficient (Wildman–Crippen LogP) is 3.86. The molecule has 4 rings (SSSR count). The zero-order valence-corrected chi connectivity index (χ0v) is 16.1. The Balaban J connectivity index is 1.63. The number of carbonyl (C=O) groups excluding carboxylic acids is 1. The average molecular weight is 386 g/mol. The van der Waals surface area contributed by atoms with Crippen molar-refractivity contribution in [2.24, 2.45) is 0 Å². The highest BCUT2D eigenvalue weighted by atomic mass is 32.2.